The number of ether oxygens (including phenoxy) is 2. The molecule has 0 heterocycles. The van der Waals surface area contributed by atoms with Gasteiger partial charge in [-0.3, -0.25) is 0 Å². The number of aromatic hydroxyl groups is 2. The van der Waals surface area contributed by atoms with Gasteiger partial charge in [-0.05, 0) is 61.2 Å². The van der Waals surface area contributed by atoms with Gasteiger partial charge in [0, 0.05) is 17.5 Å². The minimum absolute atomic E-state index is 0.0123. The molecule has 0 spiro atoms. The maximum Gasteiger partial charge on any atom is 0.341 e. The van der Waals surface area contributed by atoms with E-state index in [9.17, 15) is 15.0 Å². The topological polar surface area (TPSA) is 163 Å². The standard InChI is InChI=1S/C27H24N4O6.CH2O/c1-15-4-5-17-11-16(2)26(27(35)20(17)10-15)31-30-22-12-23(36-3)21(13-24(22)37-14-25(33)34)29-28-18-6-8-19(32)9-7-18;1-2/h4-13,32,35H,14H2,1-3H3,(H,33,34);1H2. The van der Waals surface area contributed by atoms with E-state index in [0.717, 1.165) is 10.9 Å². The predicted octanol–water partition coefficient (Wildman–Crippen LogP) is 6.99. The Morgan fingerprint density at radius 2 is 1.49 bits per heavy atom. The molecule has 0 fully saturated rings. The summed E-state index contributed by atoms with van der Waals surface area (Å²) >= 11 is 0. The van der Waals surface area contributed by atoms with Crippen molar-refractivity contribution in [3.8, 4) is 23.0 Å². The van der Waals surface area contributed by atoms with E-state index in [1.165, 1.54) is 31.4 Å². The number of rotatable bonds is 8. The molecule has 11 heteroatoms. The van der Waals surface area contributed by atoms with E-state index in [1.807, 2.05) is 44.9 Å². The van der Waals surface area contributed by atoms with Gasteiger partial charge in [0.05, 0.1) is 12.8 Å². The second-order valence-electron chi connectivity index (χ2n) is 8.21. The molecule has 200 valence electrons. The molecular formula is C28H26N4O7. The van der Waals surface area contributed by atoms with Gasteiger partial charge in [0.2, 0.25) is 0 Å². The summed E-state index contributed by atoms with van der Waals surface area (Å²) in [6.45, 7) is 5.12. The number of phenolic OH excluding ortho intramolecular Hbond substituents is 2. The lowest BCUT2D eigenvalue weighted by Gasteiger charge is -2.11. The van der Waals surface area contributed by atoms with E-state index < -0.39 is 12.6 Å². The third-order valence-electron chi connectivity index (χ3n) is 5.43. The van der Waals surface area contributed by atoms with E-state index in [1.54, 1.807) is 12.1 Å². The van der Waals surface area contributed by atoms with Crippen molar-refractivity contribution < 1.29 is 34.4 Å². The number of aliphatic carboxylic acids is 1. The molecule has 0 aliphatic carbocycles. The molecule has 0 bridgehead atoms. The zero-order valence-corrected chi connectivity index (χ0v) is 21.5. The predicted molar refractivity (Wildman–Crippen MR) is 145 cm³/mol. The molecule has 0 saturated carbocycles. The summed E-state index contributed by atoms with van der Waals surface area (Å²) < 4.78 is 10.9. The average molecular weight is 531 g/mol. The SMILES string of the molecule is C=O.COc1cc(N=Nc2c(C)cc3ccc(C)cc3c2O)c(OCC(=O)O)cc1N=Nc1ccc(O)cc1. The highest BCUT2D eigenvalue weighted by Gasteiger charge is 2.15. The summed E-state index contributed by atoms with van der Waals surface area (Å²) in [4.78, 5) is 19.2. The van der Waals surface area contributed by atoms with Crippen molar-refractivity contribution in [2.45, 2.75) is 13.8 Å². The highest BCUT2D eigenvalue weighted by Crippen LogP contribution is 2.43. The third-order valence-corrected chi connectivity index (χ3v) is 5.43. The Balaban J connectivity index is 0.00000205. The highest BCUT2D eigenvalue weighted by molar-refractivity contribution is 5.94. The number of aryl methyl sites for hydroxylation is 2. The Morgan fingerprint density at radius 1 is 0.846 bits per heavy atom. The number of carbonyl (C=O) groups is 2. The quantitative estimate of drug-likeness (QED) is 0.207. The maximum absolute atomic E-state index is 11.2. The van der Waals surface area contributed by atoms with Crippen molar-refractivity contribution in [1.82, 2.24) is 0 Å². The van der Waals surface area contributed by atoms with Gasteiger partial charge in [0.25, 0.3) is 0 Å². The monoisotopic (exact) mass is 530 g/mol. The van der Waals surface area contributed by atoms with Crippen LogP contribution >= 0.6 is 0 Å². The number of hydrogen-bond donors (Lipinski definition) is 3. The number of phenols is 2. The maximum atomic E-state index is 11.2. The Bertz CT molecular complexity index is 1550. The molecule has 0 aliphatic heterocycles. The number of carboxylic acid groups (broad SMARTS) is 1. The summed E-state index contributed by atoms with van der Waals surface area (Å²) in [5.41, 5.74) is 2.88. The third kappa shape index (κ3) is 6.92. The number of carbonyl (C=O) groups excluding carboxylic acids is 1. The molecule has 4 aromatic rings. The van der Waals surface area contributed by atoms with E-state index in [2.05, 4.69) is 20.5 Å². The molecule has 0 amide bonds. The van der Waals surface area contributed by atoms with Gasteiger partial charge in [-0.2, -0.15) is 5.11 Å². The van der Waals surface area contributed by atoms with Crippen molar-refractivity contribution in [2.24, 2.45) is 20.5 Å². The van der Waals surface area contributed by atoms with Crippen LogP contribution in [0.2, 0.25) is 0 Å². The average Bonchev–Trinajstić information content (AvgIpc) is 2.93. The van der Waals surface area contributed by atoms with Crippen molar-refractivity contribution in [3.05, 3.63) is 71.8 Å². The minimum Gasteiger partial charge on any atom is -0.508 e. The first-order valence-electron chi connectivity index (χ1n) is 11.5. The Hall–Kier alpha value is -5.32. The van der Waals surface area contributed by atoms with Gasteiger partial charge in [0.1, 0.15) is 41.1 Å². The zero-order valence-electron chi connectivity index (χ0n) is 21.5. The van der Waals surface area contributed by atoms with E-state index in [0.29, 0.717) is 16.6 Å². The number of azo groups is 2. The van der Waals surface area contributed by atoms with Crippen molar-refractivity contribution in [1.29, 1.82) is 0 Å². The molecule has 3 N–H and O–H groups in total. The first-order valence-corrected chi connectivity index (χ1v) is 11.5. The van der Waals surface area contributed by atoms with Crippen LogP contribution in [0.4, 0.5) is 22.7 Å². The van der Waals surface area contributed by atoms with Gasteiger partial charge in [-0.25, -0.2) is 4.79 Å². The minimum atomic E-state index is -1.18. The summed E-state index contributed by atoms with van der Waals surface area (Å²) in [6, 6.07) is 16.7. The first-order chi connectivity index (χ1) is 18.7. The van der Waals surface area contributed by atoms with Crippen LogP contribution in [-0.2, 0) is 9.59 Å². The number of nitrogens with zero attached hydrogens (tertiary/aromatic N) is 4. The molecule has 4 aromatic carbocycles. The van der Waals surface area contributed by atoms with E-state index >= 15 is 0 Å². The van der Waals surface area contributed by atoms with Gasteiger partial charge in [0.15, 0.2) is 12.4 Å². The molecular weight excluding hydrogens is 504 g/mol. The van der Waals surface area contributed by atoms with Crippen molar-refractivity contribution >= 4 is 46.3 Å². The Labute approximate surface area is 223 Å². The lowest BCUT2D eigenvalue weighted by Crippen LogP contribution is -2.09. The molecule has 0 radical (unpaired) electrons. The molecule has 0 aliphatic rings. The van der Waals surface area contributed by atoms with Crippen LogP contribution in [-0.4, -0.2) is 41.8 Å². The molecule has 0 saturated heterocycles. The second kappa shape index (κ2) is 12.8. The molecule has 0 atom stereocenters. The number of carboxylic acids is 1. The summed E-state index contributed by atoms with van der Waals surface area (Å²) in [5, 5.41) is 47.8. The first kappa shape index (κ1) is 28.3. The number of fused-ring (bicyclic) bond motifs is 1. The van der Waals surface area contributed by atoms with Crippen LogP contribution in [0.1, 0.15) is 11.1 Å². The summed E-state index contributed by atoms with van der Waals surface area (Å²) in [7, 11) is 1.44. The smallest absolute Gasteiger partial charge is 0.341 e. The number of hydrogen-bond acceptors (Lipinski definition) is 10. The molecule has 4 rings (SSSR count). The zero-order chi connectivity index (χ0) is 28.5. The van der Waals surface area contributed by atoms with Crippen LogP contribution in [0.15, 0.2) is 81.1 Å². The summed E-state index contributed by atoms with van der Waals surface area (Å²) in [6.07, 6.45) is 0. The van der Waals surface area contributed by atoms with E-state index in [4.69, 9.17) is 19.4 Å². The normalized spacial score (nSPS) is 10.9. The van der Waals surface area contributed by atoms with Crippen LogP contribution < -0.4 is 9.47 Å². The van der Waals surface area contributed by atoms with Gasteiger partial charge in [-0.15, -0.1) is 15.3 Å². The Kier molecular flexibility index (Phi) is 9.25. The van der Waals surface area contributed by atoms with Gasteiger partial charge < -0.3 is 29.6 Å². The Morgan fingerprint density at radius 3 is 2.15 bits per heavy atom. The van der Waals surface area contributed by atoms with Crippen molar-refractivity contribution in [3.63, 3.8) is 0 Å². The van der Waals surface area contributed by atoms with Crippen LogP contribution in [0.3, 0.4) is 0 Å². The number of methoxy groups -OCH3 is 1. The van der Waals surface area contributed by atoms with Gasteiger partial charge in [-0.1, -0.05) is 17.7 Å². The lowest BCUT2D eigenvalue weighted by atomic mass is 10.0. The lowest BCUT2D eigenvalue weighted by molar-refractivity contribution is -0.139. The van der Waals surface area contributed by atoms with Crippen LogP contribution in [0, 0.1) is 13.8 Å². The fourth-order valence-electron chi connectivity index (χ4n) is 3.59. The van der Waals surface area contributed by atoms with Gasteiger partial charge >= 0.3 is 5.97 Å². The second-order valence-corrected chi connectivity index (χ2v) is 8.21. The fourth-order valence-corrected chi connectivity index (χ4v) is 3.59. The van der Waals surface area contributed by atoms with Crippen LogP contribution in [0.25, 0.3) is 10.8 Å². The summed E-state index contributed by atoms with van der Waals surface area (Å²) in [5.74, 6) is -0.723. The number of benzene rings is 4. The fraction of sp³-hybridized carbons (Fsp3) is 0.143. The largest absolute Gasteiger partial charge is 0.508 e. The molecule has 11 nitrogen and oxygen atoms in total. The molecule has 0 aromatic heterocycles. The molecule has 0 unspecified atom stereocenters. The van der Waals surface area contributed by atoms with E-state index in [-0.39, 0.29) is 40.1 Å². The van der Waals surface area contributed by atoms with Crippen molar-refractivity contribution in [2.75, 3.05) is 13.7 Å². The van der Waals surface area contributed by atoms with Crippen LogP contribution in [0.5, 0.6) is 23.0 Å². The molecule has 39 heavy (non-hydrogen) atoms. The highest BCUT2D eigenvalue weighted by atomic mass is 16.5.